The molecule has 1 atom stereocenters. The molecule has 1 N–H and O–H groups in total. The number of likely N-dealkylation sites (N-methyl/N-ethyl adjacent to an activating group) is 1. The first-order valence-corrected chi connectivity index (χ1v) is 7.99. The van der Waals surface area contributed by atoms with Crippen molar-refractivity contribution in [3.8, 4) is 0 Å². The van der Waals surface area contributed by atoms with Gasteiger partial charge in [-0.1, -0.05) is 33.1 Å². The number of nitrogens with one attached hydrogen (secondary N) is 1. The molecule has 3 nitrogen and oxygen atoms in total. The second-order valence-electron chi connectivity index (χ2n) is 5.87. The van der Waals surface area contributed by atoms with E-state index in [0.717, 1.165) is 25.3 Å². The van der Waals surface area contributed by atoms with Crippen molar-refractivity contribution in [3.63, 3.8) is 0 Å². The van der Waals surface area contributed by atoms with Crippen LogP contribution in [0.25, 0.3) is 0 Å². The average molecular weight is 263 g/mol. The van der Waals surface area contributed by atoms with Crippen LogP contribution in [0.3, 0.4) is 0 Å². The zero-order chi connectivity index (χ0) is 13.7. The van der Waals surface area contributed by atoms with Gasteiger partial charge in [0, 0.05) is 25.2 Å². The highest BCUT2D eigenvalue weighted by Gasteiger charge is 2.24. The van der Waals surface area contributed by atoms with Crippen LogP contribution < -0.4 is 5.32 Å². The van der Waals surface area contributed by atoms with Crippen LogP contribution in [-0.4, -0.2) is 22.4 Å². The molecule has 0 amide bonds. The van der Waals surface area contributed by atoms with E-state index >= 15 is 0 Å². The molecule has 1 fully saturated rings. The van der Waals surface area contributed by atoms with E-state index in [1.165, 1.54) is 43.5 Å². The third-order valence-electron chi connectivity index (χ3n) is 4.50. The Labute approximate surface area is 117 Å². The molecule has 1 aliphatic carbocycles. The van der Waals surface area contributed by atoms with Gasteiger partial charge in [0.2, 0.25) is 0 Å². The molecule has 1 aliphatic rings. The van der Waals surface area contributed by atoms with Gasteiger partial charge in [0.25, 0.3) is 0 Å². The molecule has 0 aromatic carbocycles. The fraction of sp³-hybridized carbons (Fsp3) is 0.812. The molecule has 19 heavy (non-hydrogen) atoms. The predicted molar refractivity (Wildman–Crippen MR) is 80.3 cm³/mol. The number of nitrogens with zero attached hydrogens (tertiary/aromatic N) is 2. The second-order valence-corrected chi connectivity index (χ2v) is 5.87. The number of hydrogen-bond acceptors (Lipinski definition) is 2. The van der Waals surface area contributed by atoms with Gasteiger partial charge in [-0.3, -0.25) is 4.68 Å². The second kappa shape index (κ2) is 7.09. The molecular formula is C16H29N3. The first kappa shape index (κ1) is 14.6. The van der Waals surface area contributed by atoms with Gasteiger partial charge in [0.15, 0.2) is 0 Å². The summed E-state index contributed by atoms with van der Waals surface area (Å²) in [6.45, 7) is 5.46. The van der Waals surface area contributed by atoms with E-state index < -0.39 is 0 Å². The highest BCUT2D eigenvalue weighted by molar-refractivity contribution is 5.12. The van der Waals surface area contributed by atoms with E-state index in [1.807, 2.05) is 0 Å². The van der Waals surface area contributed by atoms with Crippen molar-refractivity contribution in [3.05, 3.63) is 17.5 Å². The summed E-state index contributed by atoms with van der Waals surface area (Å²) in [6, 6.07) is 2.91. The molecule has 1 aromatic heterocycles. The van der Waals surface area contributed by atoms with Crippen molar-refractivity contribution in [2.45, 2.75) is 64.8 Å². The third kappa shape index (κ3) is 3.82. The third-order valence-corrected chi connectivity index (χ3v) is 4.50. The Morgan fingerprint density at radius 1 is 1.32 bits per heavy atom. The molecule has 108 valence electrons. The van der Waals surface area contributed by atoms with Crippen LogP contribution in [-0.2, 0) is 19.9 Å². The van der Waals surface area contributed by atoms with Crippen molar-refractivity contribution in [1.29, 1.82) is 0 Å². The Kier molecular flexibility index (Phi) is 5.44. The molecule has 0 radical (unpaired) electrons. The van der Waals surface area contributed by atoms with E-state index in [1.54, 1.807) is 0 Å². The van der Waals surface area contributed by atoms with Gasteiger partial charge < -0.3 is 5.32 Å². The number of rotatable bonds is 6. The maximum Gasteiger partial charge on any atom is 0.0624 e. The zero-order valence-electron chi connectivity index (χ0n) is 12.8. The largest absolute Gasteiger partial charge is 0.314 e. The summed E-state index contributed by atoms with van der Waals surface area (Å²) in [5, 5.41) is 8.29. The Morgan fingerprint density at radius 3 is 2.63 bits per heavy atom. The van der Waals surface area contributed by atoms with Crippen LogP contribution in [0.15, 0.2) is 6.07 Å². The molecule has 1 aromatic rings. The Balaban J connectivity index is 2.04. The summed E-state index contributed by atoms with van der Waals surface area (Å²) >= 11 is 0. The fourth-order valence-electron chi connectivity index (χ4n) is 3.36. The van der Waals surface area contributed by atoms with E-state index in [0.29, 0.717) is 6.04 Å². The van der Waals surface area contributed by atoms with Gasteiger partial charge >= 0.3 is 0 Å². The molecule has 2 rings (SSSR count). The summed E-state index contributed by atoms with van der Waals surface area (Å²) in [5.41, 5.74) is 2.60. The summed E-state index contributed by atoms with van der Waals surface area (Å²) < 4.78 is 2.08. The standard InChI is InChI=1S/C16H29N3/c1-4-14-11-15(19(3)18-14)12-16(17-5-2)13-9-7-6-8-10-13/h11,13,16-17H,4-10,12H2,1-3H3. The Bertz CT molecular complexity index is 377. The van der Waals surface area contributed by atoms with Crippen molar-refractivity contribution < 1.29 is 0 Å². The molecule has 0 saturated heterocycles. The van der Waals surface area contributed by atoms with Gasteiger partial charge in [-0.2, -0.15) is 5.10 Å². The normalized spacial score (nSPS) is 18.7. The van der Waals surface area contributed by atoms with Gasteiger partial charge in [0.05, 0.1) is 5.69 Å². The fourth-order valence-corrected chi connectivity index (χ4v) is 3.36. The highest BCUT2D eigenvalue weighted by atomic mass is 15.3. The molecule has 1 unspecified atom stereocenters. The van der Waals surface area contributed by atoms with Crippen molar-refractivity contribution >= 4 is 0 Å². The summed E-state index contributed by atoms with van der Waals surface area (Å²) in [5.74, 6) is 0.855. The summed E-state index contributed by atoms with van der Waals surface area (Å²) in [4.78, 5) is 0. The lowest BCUT2D eigenvalue weighted by Crippen LogP contribution is -2.39. The smallest absolute Gasteiger partial charge is 0.0624 e. The Morgan fingerprint density at radius 2 is 2.05 bits per heavy atom. The molecule has 0 spiro atoms. The van der Waals surface area contributed by atoms with Crippen molar-refractivity contribution in [1.82, 2.24) is 15.1 Å². The molecule has 1 heterocycles. The minimum absolute atomic E-state index is 0.630. The lowest BCUT2D eigenvalue weighted by molar-refractivity contribution is 0.267. The Hall–Kier alpha value is -0.830. The number of hydrogen-bond donors (Lipinski definition) is 1. The van der Waals surface area contributed by atoms with E-state index in [4.69, 9.17) is 0 Å². The van der Waals surface area contributed by atoms with Crippen LogP contribution in [0.2, 0.25) is 0 Å². The van der Waals surface area contributed by atoms with Gasteiger partial charge in [0.1, 0.15) is 0 Å². The zero-order valence-corrected chi connectivity index (χ0v) is 12.8. The van der Waals surface area contributed by atoms with Crippen LogP contribution in [0.5, 0.6) is 0 Å². The molecule has 0 bridgehead atoms. The highest BCUT2D eigenvalue weighted by Crippen LogP contribution is 2.28. The van der Waals surface area contributed by atoms with Crippen LogP contribution in [0, 0.1) is 5.92 Å². The van der Waals surface area contributed by atoms with E-state index in [9.17, 15) is 0 Å². The number of aryl methyl sites for hydroxylation is 2. The molecule has 1 saturated carbocycles. The topological polar surface area (TPSA) is 29.9 Å². The minimum atomic E-state index is 0.630. The van der Waals surface area contributed by atoms with Crippen molar-refractivity contribution in [2.24, 2.45) is 13.0 Å². The maximum atomic E-state index is 4.58. The van der Waals surface area contributed by atoms with Gasteiger partial charge in [-0.05, 0) is 37.8 Å². The maximum absolute atomic E-state index is 4.58. The lowest BCUT2D eigenvalue weighted by Gasteiger charge is -2.31. The summed E-state index contributed by atoms with van der Waals surface area (Å²) in [6.07, 6.45) is 9.22. The van der Waals surface area contributed by atoms with Gasteiger partial charge in [-0.15, -0.1) is 0 Å². The molecule has 3 heteroatoms. The van der Waals surface area contributed by atoms with Crippen molar-refractivity contribution in [2.75, 3.05) is 6.54 Å². The quantitative estimate of drug-likeness (QED) is 0.855. The van der Waals surface area contributed by atoms with Gasteiger partial charge in [-0.25, -0.2) is 0 Å². The lowest BCUT2D eigenvalue weighted by atomic mass is 9.82. The monoisotopic (exact) mass is 263 g/mol. The van der Waals surface area contributed by atoms with Crippen LogP contribution in [0.4, 0.5) is 0 Å². The van der Waals surface area contributed by atoms with Crippen LogP contribution in [0.1, 0.15) is 57.3 Å². The first-order valence-electron chi connectivity index (χ1n) is 7.99. The van der Waals surface area contributed by atoms with Crippen LogP contribution >= 0.6 is 0 Å². The average Bonchev–Trinajstić information content (AvgIpc) is 2.80. The minimum Gasteiger partial charge on any atom is -0.314 e. The molecule has 0 aliphatic heterocycles. The van der Waals surface area contributed by atoms with E-state index in [-0.39, 0.29) is 0 Å². The first-order chi connectivity index (χ1) is 9.24. The predicted octanol–water partition coefficient (Wildman–Crippen LogP) is 3.08. The SMILES string of the molecule is CCNC(Cc1cc(CC)nn1C)C1CCCCC1. The summed E-state index contributed by atoms with van der Waals surface area (Å²) in [7, 11) is 2.08. The van der Waals surface area contributed by atoms with E-state index in [2.05, 4.69) is 42.1 Å². The number of aromatic nitrogens is 2. The molecular weight excluding hydrogens is 234 g/mol.